The molecule has 2 rings (SSSR count). The quantitative estimate of drug-likeness (QED) is 0.845. The van der Waals surface area contributed by atoms with Crippen LogP contribution >= 0.6 is 0 Å². The lowest BCUT2D eigenvalue weighted by molar-refractivity contribution is -0.117. The van der Waals surface area contributed by atoms with E-state index in [1.54, 1.807) is 24.3 Å². The predicted octanol–water partition coefficient (Wildman–Crippen LogP) is 2.78. The largest absolute Gasteiger partial charge is 0.325 e. The van der Waals surface area contributed by atoms with E-state index in [0.717, 1.165) is 31.6 Å². The smallest absolute Gasteiger partial charge is 0.238 e. The van der Waals surface area contributed by atoms with Crippen molar-refractivity contribution in [2.45, 2.75) is 19.3 Å². The summed E-state index contributed by atoms with van der Waals surface area (Å²) in [6.45, 7) is 6.16. The van der Waals surface area contributed by atoms with Crippen molar-refractivity contribution >= 4 is 11.6 Å². The first kappa shape index (κ1) is 15.3. The summed E-state index contributed by atoms with van der Waals surface area (Å²) in [5.41, 5.74) is 1.33. The summed E-state index contributed by atoms with van der Waals surface area (Å²) in [5, 5.41) is 11.6. The van der Waals surface area contributed by atoms with Gasteiger partial charge in [-0.15, -0.1) is 6.58 Å². The predicted molar refractivity (Wildman–Crippen MR) is 83.8 cm³/mol. The number of carbonyl (C=O) groups is 1. The van der Waals surface area contributed by atoms with Crippen LogP contribution in [-0.4, -0.2) is 30.4 Å². The average molecular weight is 283 g/mol. The summed E-state index contributed by atoms with van der Waals surface area (Å²) < 4.78 is 0. The first-order valence-corrected chi connectivity index (χ1v) is 7.34. The van der Waals surface area contributed by atoms with Gasteiger partial charge in [-0.05, 0) is 56.0 Å². The third-order valence-electron chi connectivity index (χ3n) is 3.77. The topological polar surface area (TPSA) is 56.1 Å². The SMILES string of the molecule is C=CCC1CCCN(CC(=O)Nc2ccc(C#N)cc2)C1. The standard InChI is InChI=1S/C17H21N3O/c1-2-4-15-5-3-10-20(12-15)13-17(21)19-16-8-6-14(11-18)7-9-16/h2,6-9,15H,1,3-5,10,12-13H2,(H,19,21). The van der Waals surface area contributed by atoms with E-state index >= 15 is 0 Å². The van der Waals surface area contributed by atoms with Crippen LogP contribution in [0.2, 0.25) is 0 Å². The van der Waals surface area contributed by atoms with Crippen LogP contribution in [0.5, 0.6) is 0 Å². The van der Waals surface area contributed by atoms with E-state index in [1.807, 2.05) is 6.08 Å². The molecule has 0 aliphatic carbocycles. The molecule has 1 amide bonds. The van der Waals surface area contributed by atoms with Crippen LogP contribution < -0.4 is 5.32 Å². The number of piperidine rings is 1. The van der Waals surface area contributed by atoms with Crippen molar-refractivity contribution < 1.29 is 4.79 Å². The van der Waals surface area contributed by atoms with Crippen LogP contribution in [0.3, 0.4) is 0 Å². The average Bonchev–Trinajstić information content (AvgIpc) is 2.48. The van der Waals surface area contributed by atoms with Crippen molar-refractivity contribution in [3.8, 4) is 6.07 Å². The van der Waals surface area contributed by atoms with Crippen LogP contribution in [0, 0.1) is 17.2 Å². The van der Waals surface area contributed by atoms with Gasteiger partial charge in [0.25, 0.3) is 0 Å². The molecule has 1 unspecified atom stereocenters. The van der Waals surface area contributed by atoms with Crippen LogP contribution in [-0.2, 0) is 4.79 Å². The van der Waals surface area contributed by atoms with Crippen LogP contribution in [0.1, 0.15) is 24.8 Å². The molecule has 1 aromatic rings. The molecule has 1 N–H and O–H groups in total. The van der Waals surface area contributed by atoms with Crippen molar-refractivity contribution in [3.63, 3.8) is 0 Å². The minimum atomic E-state index is -0.000962. The van der Waals surface area contributed by atoms with Crippen molar-refractivity contribution in [2.75, 3.05) is 25.0 Å². The Kier molecular flexibility index (Phi) is 5.53. The number of rotatable bonds is 5. The maximum absolute atomic E-state index is 12.1. The minimum Gasteiger partial charge on any atom is -0.325 e. The van der Waals surface area contributed by atoms with E-state index in [-0.39, 0.29) is 5.91 Å². The molecule has 1 fully saturated rings. The van der Waals surface area contributed by atoms with Gasteiger partial charge in [-0.1, -0.05) is 6.08 Å². The van der Waals surface area contributed by atoms with Gasteiger partial charge in [0.05, 0.1) is 18.2 Å². The molecule has 0 saturated carbocycles. The molecule has 1 heterocycles. The molecule has 0 bridgehead atoms. The lowest BCUT2D eigenvalue weighted by Gasteiger charge is -2.31. The monoisotopic (exact) mass is 283 g/mol. The molecule has 4 nitrogen and oxygen atoms in total. The van der Waals surface area contributed by atoms with Crippen molar-refractivity contribution in [1.29, 1.82) is 5.26 Å². The summed E-state index contributed by atoms with van der Waals surface area (Å²) in [5.74, 6) is 0.623. The second-order valence-electron chi connectivity index (χ2n) is 5.51. The van der Waals surface area contributed by atoms with Crippen molar-refractivity contribution in [1.82, 2.24) is 4.90 Å². The number of likely N-dealkylation sites (tertiary alicyclic amines) is 1. The van der Waals surface area contributed by atoms with Crippen LogP contribution in [0.15, 0.2) is 36.9 Å². The van der Waals surface area contributed by atoms with E-state index in [2.05, 4.69) is 22.9 Å². The summed E-state index contributed by atoms with van der Waals surface area (Å²) in [6.07, 6.45) is 5.35. The number of benzene rings is 1. The number of hydrogen-bond acceptors (Lipinski definition) is 3. The summed E-state index contributed by atoms with van der Waals surface area (Å²) >= 11 is 0. The van der Waals surface area contributed by atoms with Gasteiger partial charge in [0.15, 0.2) is 0 Å². The van der Waals surface area contributed by atoms with Gasteiger partial charge >= 0.3 is 0 Å². The number of nitrogens with one attached hydrogen (secondary N) is 1. The summed E-state index contributed by atoms with van der Waals surface area (Å²) in [6, 6.07) is 8.99. The fourth-order valence-corrected chi connectivity index (χ4v) is 2.75. The molecule has 0 aromatic heterocycles. The number of hydrogen-bond donors (Lipinski definition) is 1. The summed E-state index contributed by atoms with van der Waals surface area (Å²) in [4.78, 5) is 14.3. The summed E-state index contributed by atoms with van der Waals surface area (Å²) in [7, 11) is 0. The van der Waals surface area contributed by atoms with Crippen molar-refractivity contribution in [2.24, 2.45) is 5.92 Å². The van der Waals surface area contributed by atoms with E-state index in [9.17, 15) is 4.79 Å². The Bertz CT molecular complexity index is 530. The number of allylic oxidation sites excluding steroid dienone is 1. The van der Waals surface area contributed by atoms with Gasteiger partial charge in [0.2, 0.25) is 5.91 Å². The number of carbonyl (C=O) groups excluding carboxylic acids is 1. The Morgan fingerprint density at radius 2 is 2.24 bits per heavy atom. The molecule has 1 aliphatic rings. The highest BCUT2D eigenvalue weighted by atomic mass is 16.2. The Balaban J connectivity index is 1.83. The third-order valence-corrected chi connectivity index (χ3v) is 3.77. The number of nitriles is 1. The molecule has 1 atom stereocenters. The van der Waals surface area contributed by atoms with Crippen LogP contribution in [0.25, 0.3) is 0 Å². The van der Waals surface area contributed by atoms with E-state index in [1.165, 1.54) is 6.42 Å². The van der Waals surface area contributed by atoms with E-state index in [4.69, 9.17) is 5.26 Å². The zero-order valence-electron chi connectivity index (χ0n) is 12.2. The molecule has 110 valence electrons. The lowest BCUT2D eigenvalue weighted by atomic mass is 9.95. The molecule has 21 heavy (non-hydrogen) atoms. The highest BCUT2D eigenvalue weighted by Gasteiger charge is 2.20. The first-order valence-electron chi connectivity index (χ1n) is 7.34. The molecule has 0 radical (unpaired) electrons. The van der Waals surface area contributed by atoms with E-state index in [0.29, 0.717) is 18.0 Å². The fraction of sp³-hybridized carbons (Fsp3) is 0.412. The molecule has 0 spiro atoms. The molecule has 1 aliphatic heterocycles. The van der Waals surface area contributed by atoms with Gasteiger partial charge < -0.3 is 5.32 Å². The Morgan fingerprint density at radius 1 is 1.48 bits per heavy atom. The first-order chi connectivity index (χ1) is 10.2. The molecule has 1 saturated heterocycles. The number of anilines is 1. The number of amides is 1. The van der Waals surface area contributed by atoms with Gasteiger partial charge in [-0.2, -0.15) is 5.26 Å². The van der Waals surface area contributed by atoms with Crippen molar-refractivity contribution in [3.05, 3.63) is 42.5 Å². The van der Waals surface area contributed by atoms with Gasteiger partial charge in [-0.25, -0.2) is 0 Å². The Hall–Kier alpha value is -2.12. The maximum Gasteiger partial charge on any atom is 0.238 e. The van der Waals surface area contributed by atoms with Crippen LogP contribution in [0.4, 0.5) is 5.69 Å². The normalized spacial score (nSPS) is 18.7. The lowest BCUT2D eigenvalue weighted by Crippen LogP contribution is -2.40. The fourth-order valence-electron chi connectivity index (χ4n) is 2.75. The molecular weight excluding hydrogens is 262 g/mol. The zero-order valence-corrected chi connectivity index (χ0v) is 12.2. The van der Waals surface area contributed by atoms with Gasteiger partial charge in [-0.3, -0.25) is 9.69 Å². The van der Waals surface area contributed by atoms with Gasteiger partial charge in [0.1, 0.15) is 0 Å². The zero-order chi connectivity index (χ0) is 15.1. The van der Waals surface area contributed by atoms with Gasteiger partial charge in [0, 0.05) is 12.2 Å². The highest BCUT2D eigenvalue weighted by molar-refractivity contribution is 5.92. The second-order valence-corrected chi connectivity index (χ2v) is 5.51. The minimum absolute atomic E-state index is 0.000962. The molecular formula is C17H21N3O. The maximum atomic E-state index is 12.1. The second kappa shape index (κ2) is 7.61. The number of nitrogens with zero attached hydrogens (tertiary/aromatic N) is 2. The van der Waals surface area contributed by atoms with E-state index < -0.39 is 0 Å². The third kappa shape index (κ3) is 4.73. The Morgan fingerprint density at radius 3 is 2.90 bits per heavy atom. The Labute approximate surface area is 126 Å². The molecule has 1 aromatic carbocycles. The molecule has 4 heteroatoms. The highest BCUT2D eigenvalue weighted by Crippen LogP contribution is 2.19.